The number of hydrogen-bond donors (Lipinski definition) is 1. The maximum Gasteiger partial charge on any atom is 0.130 e. The van der Waals surface area contributed by atoms with E-state index in [1.165, 1.54) is 5.56 Å². The lowest BCUT2D eigenvalue weighted by atomic mass is 9.99. The first-order valence-corrected chi connectivity index (χ1v) is 7.48. The van der Waals surface area contributed by atoms with Crippen LogP contribution in [-0.2, 0) is 13.0 Å². The Kier molecular flexibility index (Phi) is 5.34. The molecule has 0 aliphatic rings. The molecule has 0 spiro atoms. The van der Waals surface area contributed by atoms with Gasteiger partial charge in [-0.3, -0.25) is 4.98 Å². The van der Waals surface area contributed by atoms with E-state index in [2.05, 4.69) is 37.9 Å². The molecule has 0 saturated heterocycles. The minimum absolute atomic E-state index is 0.226. The molecule has 1 aromatic carbocycles. The molecule has 0 amide bonds. The maximum atomic E-state index is 6.04. The van der Waals surface area contributed by atoms with E-state index in [-0.39, 0.29) is 6.04 Å². The van der Waals surface area contributed by atoms with Gasteiger partial charge in [-0.25, -0.2) is 0 Å². The largest absolute Gasteiger partial charge is 0.487 e. The molecule has 1 aromatic heterocycles. The van der Waals surface area contributed by atoms with Crippen molar-refractivity contribution in [3.05, 3.63) is 58.9 Å². The number of aryl methyl sites for hydroxylation is 2. The summed E-state index contributed by atoms with van der Waals surface area (Å²) in [5, 5.41) is 0. The monoisotopic (exact) mass is 284 g/mol. The molecule has 112 valence electrons. The minimum Gasteiger partial charge on any atom is -0.487 e. The Labute approximate surface area is 127 Å². The molecule has 0 saturated carbocycles. The molecule has 3 nitrogen and oxygen atoms in total. The molecule has 1 atom stereocenters. The number of hydrogen-bond acceptors (Lipinski definition) is 3. The number of benzene rings is 1. The number of nitrogens with zero attached hydrogens (tertiary/aromatic N) is 1. The molecule has 1 unspecified atom stereocenters. The molecule has 21 heavy (non-hydrogen) atoms. The first-order valence-electron chi connectivity index (χ1n) is 7.48. The second-order valence-corrected chi connectivity index (χ2v) is 5.54. The van der Waals surface area contributed by atoms with Crippen LogP contribution in [0.15, 0.2) is 36.5 Å². The van der Waals surface area contributed by atoms with Crippen LogP contribution in [-0.4, -0.2) is 11.0 Å². The summed E-state index contributed by atoms with van der Waals surface area (Å²) in [5.74, 6) is 0.953. The van der Waals surface area contributed by atoms with E-state index in [4.69, 9.17) is 10.5 Å². The van der Waals surface area contributed by atoms with Gasteiger partial charge in [-0.05, 0) is 55.5 Å². The quantitative estimate of drug-likeness (QED) is 0.882. The summed E-state index contributed by atoms with van der Waals surface area (Å²) in [6, 6.07) is 10.4. The molecule has 3 heteroatoms. The molecule has 0 fully saturated rings. The average Bonchev–Trinajstić information content (AvgIpc) is 2.47. The Morgan fingerprint density at radius 1 is 1.19 bits per heavy atom. The molecule has 0 bridgehead atoms. The molecule has 2 aromatic rings. The van der Waals surface area contributed by atoms with Crippen LogP contribution >= 0.6 is 0 Å². The molecular formula is C18H24N2O. The molecule has 0 radical (unpaired) electrons. The summed E-state index contributed by atoms with van der Waals surface area (Å²) >= 11 is 0. The SMILES string of the molecule is CCC(N)Cc1cc(C)c(OCc2ccccn2)c(C)c1. The lowest BCUT2D eigenvalue weighted by molar-refractivity contribution is 0.297. The van der Waals surface area contributed by atoms with Crippen molar-refractivity contribution in [2.45, 2.75) is 46.3 Å². The number of ether oxygens (including phenoxy) is 1. The van der Waals surface area contributed by atoms with E-state index < -0.39 is 0 Å². The fraction of sp³-hybridized carbons (Fsp3) is 0.389. The number of pyridine rings is 1. The van der Waals surface area contributed by atoms with Gasteiger partial charge in [0, 0.05) is 12.2 Å². The maximum absolute atomic E-state index is 6.04. The van der Waals surface area contributed by atoms with Crippen molar-refractivity contribution in [1.29, 1.82) is 0 Å². The van der Waals surface area contributed by atoms with Crippen molar-refractivity contribution in [2.75, 3.05) is 0 Å². The van der Waals surface area contributed by atoms with Crippen LogP contribution in [0.4, 0.5) is 0 Å². The van der Waals surface area contributed by atoms with Gasteiger partial charge in [0.1, 0.15) is 12.4 Å². The van der Waals surface area contributed by atoms with E-state index >= 15 is 0 Å². The molecule has 2 rings (SSSR count). The Balaban J connectivity index is 2.10. The standard InChI is InChI=1S/C18H24N2O/c1-4-16(19)11-15-9-13(2)18(14(3)10-15)21-12-17-7-5-6-8-20-17/h5-10,16H,4,11-12,19H2,1-3H3. The van der Waals surface area contributed by atoms with Crippen molar-refractivity contribution in [1.82, 2.24) is 4.98 Å². The number of rotatable bonds is 6. The predicted molar refractivity (Wildman–Crippen MR) is 86.5 cm³/mol. The molecule has 0 aliphatic carbocycles. The summed E-state index contributed by atoms with van der Waals surface area (Å²) in [7, 11) is 0. The highest BCUT2D eigenvalue weighted by atomic mass is 16.5. The van der Waals surface area contributed by atoms with Crippen molar-refractivity contribution in [3.63, 3.8) is 0 Å². The third-order valence-electron chi connectivity index (χ3n) is 3.63. The van der Waals surface area contributed by atoms with E-state index in [0.29, 0.717) is 6.61 Å². The average molecular weight is 284 g/mol. The van der Waals surface area contributed by atoms with Gasteiger partial charge in [-0.15, -0.1) is 0 Å². The zero-order valence-corrected chi connectivity index (χ0v) is 13.1. The van der Waals surface area contributed by atoms with E-state index in [9.17, 15) is 0 Å². The second kappa shape index (κ2) is 7.23. The van der Waals surface area contributed by atoms with Crippen molar-refractivity contribution in [2.24, 2.45) is 5.73 Å². The summed E-state index contributed by atoms with van der Waals surface area (Å²) in [4.78, 5) is 4.28. The van der Waals surface area contributed by atoms with Crippen molar-refractivity contribution >= 4 is 0 Å². The van der Waals surface area contributed by atoms with Crippen molar-refractivity contribution in [3.8, 4) is 5.75 Å². The third-order valence-corrected chi connectivity index (χ3v) is 3.63. The lowest BCUT2D eigenvalue weighted by Crippen LogP contribution is -2.21. The van der Waals surface area contributed by atoms with E-state index in [0.717, 1.165) is 35.4 Å². The number of aromatic nitrogens is 1. The Morgan fingerprint density at radius 3 is 2.48 bits per heavy atom. The second-order valence-electron chi connectivity index (χ2n) is 5.54. The molecule has 2 N–H and O–H groups in total. The zero-order valence-electron chi connectivity index (χ0n) is 13.1. The van der Waals surface area contributed by atoms with Gasteiger partial charge >= 0.3 is 0 Å². The fourth-order valence-corrected chi connectivity index (χ4v) is 2.46. The zero-order chi connectivity index (χ0) is 15.2. The molecule has 1 heterocycles. The summed E-state index contributed by atoms with van der Waals surface area (Å²) in [6.07, 6.45) is 3.70. The molecule has 0 aliphatic heterocycles. The highest BCUT2D eigenvalue weighted by molar-refractivity contribution is 5.43. The Morgan fingerprint density at radius 2 is 1.90 bits per heavy atom. The van der Waals surface area contributed by atoms with Gasteiger partial charge in [0.25, 0.3) is 0 Å². The van der Waals surface area contributed by atoms with Crippen LogP contribution in [0.3, 0.4) is 0 Å². The van der Waals surface area contributed by atoms with Crippen molar-refractivity contribution < 1.29 is 4.74 Å². The smallest absolute Gasteiger partial charge is 0.130 e. The van der Waals surface area contributed by atoms with Crippen LogP contribution in [0.5, 0.6) is 5.75 Å². The minimum atomic E-state index is 0.226. The highest BCUT2D eigenvalue weighted by Gasteiger charge is 2.09. The third kappa shape index (κ3) is 4.30. The van der Waals surface area contributed by atoms with E-state index in [1.54, 1.807) is 6.20 Å². The van der Waals surface area contributed by atoms with Gasteiger partial charge in [0.2, 0.25) is 0 Å². The van der Waals surface area contributed by atoms with Gasteiger partial charge in [-0.1, -0.05) is 25.1 Å². The number of nitrogens with two attached hydrogens (primary N) is 1. The van der Waals surface area contributed by atoms with Gasteiger partial charge in [0.15, 0.2) is 0 Å². The highest BCUT2D eigenvalue weighted by Crippen LogP contribution is 2.26. The van der Waals surface area contributed by atoms with Crippen LogP contribution in [0, 0.1) is 13.8 Å². The first kappa shape index (κ1) is 15.5. The summed E-state index contributed by atoms with van der Waals surface area (Å²) < 4.78 is 5.95. The summed E-state index contributed by atoms with van der Waals surface area (Å²) in [6.45, 7) is 6.79. The lowest BCUT2D eigenvalue weighted by Gasteiger charge is -2.15. The normalized spacial score (nSPS) is 12.2. The predicted octanol–water partition coefficient (Wildman–Crippen LogP) is 3.56. The Hall–Kier alpha value is -1.87. The van der Waals surface area contributed by atoms with Gasteiger partial charge < -0.3 is 10.5 Å². The topological polar surface area (TPSA) is 48.1 Å². The van der Waals surface area contributed by atoms with Gasteiger partial charge in [-0.2, -0.15) is 0 Å². The van der Waals surface area contributed by atoms with E-state index in [1.807, 2.05) is 18.2 Å². The molecular weight excluding hydrogens is 260 g/mol. The van der Waals surface area contributed by atoms with Crippen LogP contribution in [0.1, 0.15) is 35.7 Å². The van der Waals surface area contributed by atoms with Gasteiger partial charge in [0.05, 0.1) is 5.69 Å². The van der Waals surface area contributed by atoms with Crippen LogP contribution in [0.25, 0.3) is 0 Å². The Bertz CT molecular complexity index is 558. The van der Waals surface area contributed by atoms with Crippen LogP contribution in [0.2, 0.25) is 0 Å². The fourth-order valence-electron chi connectivity index (χ4n) is 2.46. The first-order chi connectivity index (χ1) is 10.1. The van der Waals surface area contributed by atoms with Crippen LogP contribution < -0.4 is 10.5 Å². The summed E-state index contributed by atoms with van der Waals surface area (Å²) in [5.41, 5.74) is 10.6.